The first kappa shape index (κ1) is 76.4. The molecule has 91 heavy (non-hydrogen) atoms. The Hall–Kier alpha value is -5.33. The van der Waals surface area contributed by atoms with E-state index in [0.717, 1.165) is 59.8 Å². The van der Waals surface area contributed by atoms with Crippen molar-refractivity contribution >= 4 is 97.7 Å². The predicted molar refractivity (Wildman–Crippen MR) is 366 cm³/mol. The summed E-state index contributed by atoms with van der Waals surface area (Å²) in [6.07, 6.45) is 6.51. The van der Waals surface area contributed by atoms with Crippen LogP contribution in [0.5, 0.6) is 0 Å². The third-order valence-corrected chi connectivity index (χ3v) is 23.2. The fourth-order valence-corrected chi connectivity index (χ4v) is 16.3. The Labute approximate surface area is 557 Å². The molecular weight excluding hydrogens is 1230 g/mol. The molecule has 0 saturated carbocycles. The molecule has 3 aromatic rings. The number of hydrogen-bond donors (Lipinski definition) is 3. The number of ether oxygens (including phenoxy) is 1. The number of carbonyl (C=O) groups excluding carboxylic acids is 9. The van der Waals surface area contributed by atoms with Crippen molar-refractivity contribution in [3.63, 3.8) is 0 Å². The lowest BCUT2D eigenvalue weighted by Gasteiger charge is -2.37. The van der Waals surface area contributed by atoms with Crippen molar-refractivity contribution in [3.05, 3.63) is 82.3 Å². The molecule has 19 nitrogen and oxygen atoms in total. The highest BCUT2D eigenvalue weighted by atomic mass is 33.1. The molecule has 0 radical (unpaired) electrons. The number of thiazole rings is 1. The molecule has 8 atom stereocenters. The van der Waals surface area contributed by atoms with Crippen LogP contribution in [0.2, 0.25) is 0 Å². The Morgan fingerprint density at radius 3 is 2.15 bits per heavy atom. The molecule has 504 valence electrons. The number of thioether (sulfide) groups is 1. The van der Waals surface area contributed by atoms with Crippen molar-refractivity contribution in [2.45, 2.75) is 185 Å². The molecule has 0 aliphatic carbocycles. The van der Waals surface area contributed by atoms with E-state index in [4.69, 9.17) is 15.5 Å². The van der Waals surface area contributed by atoms with Gasteiger partial charge in [0, 0.05) is 137 Å². The summed E-state index contributed by atoms with van der Waals surface area (Å²) in [6.45, 7) is 16.0. The number of esters is 1. The molecule has 1 unspecified atom stereocenters. The van der Waals surface area contributed by atoms with E-state index in [0.29, 0.717) is 69.6 Å². The van der Waals surface area contributed by atoms with Crippen LogP contribution in [0.4, 0.5) is 0 Å². The van der Waals surface area contributed by atoms with Gasteiger partial charge in [-0.3, -0.25) is 48.1 Å². The quantitative estimate of drug-likeness (QED) is 0.0209. The first-order valence-electron chi connectivity index (χ1n) is 32.6. The van der Waals surface area contributed by atoms with Gasteiger partial charge in [-0.1, -0.05) is 117 Å². The number of piperidine rings is 1. The fourth-order valence-electron chi connectivity index (χ4n) is 11.7. The molecule has 2 saturated heterocycles. The van der Waals surface area contributed by atoms with Gasteiger partial charge < -0.3 is 40.7 Å². The third-order valence-electron chi connectivity index (χ3n) is 17.7. The number of carbonyl (C=O) groups is 9. The highest BCUT2D eigenvalue weighted by molar-refractivity contribution is 8.77. The molecule has 2 fully saturated rings. The zero-order valence-corrected chi connectivity index (χ0v) is 59.1. The molecule has 0 spiro atoms. The van der Waals surface area contributed by atoms with E-state index >= 15 is 4.79 Å². The largest absolute Gasteiger partial charge is 0.455 e. The molecule has 0 bridgehead atoms. The Morgan fingerprint density at radius 1 is 0.857 bits per heavy atom. The van der Waals surface area contributed by atoms with E-state index in [1.54, 1.807) is 62.8 Å². The number of nitrogens with zero attached hydrogens (tertiary/aromatic N) is 6. The van der Waals surface area contributed by atoms with Crippen LogP contribution in [0.15, 0.2) is 70.9 Å². The lowest BCUT2D eigenvalue weighted by Crippen LogP contribution is -2.57. The SMILES string of the molecule is CC[C@H](C)C(CC(=O)[C@H]1CCCCN1C)C(=O)N(C)[C@H](C[C@@H](OC(C)=O)c1nc(C(=O)N(C)[C@@H](CSc2ccccc2)C(=O)C[C@H](CCCCN)C(=O)N[C@@H](Cc2ccccc2)C(=O)N2CCN(C(=O)CCC(C)(C)SSCCCC(=O)NC)CC2)cs1)C(C)C. The number of nitrogens with two attached hydrogens (primary N) is 1. The second-order valence-electron chi connectivity index (χ2n) is 25.4. The smallest absolute Gasteiger partial charge is 0.303 e. The number of benzene rings is 2. The maximum absolute atomic E-state index is 15.1. The van der Waals surface area contributed by atoms with Crippen LogP contribution in [0, 0.1) is 23.7 Å². The normalized spacial score (nSPS) is 17.0. The number of aromatic nitrogens is 1. The summed E-state index contributed by atoms with van der Waals surface area (Å²) >= 11 is 2.54. The lowest BCUT2D eigenvalue weighted by molar-refractivity contribution is -0.149. The number of ketones is 2. The summed E-state index contributed by atoms with van der Waals surface area (Å²) in [5, 5.41) is 7.65. The lowest BCUT2D eigenvalue weighted by atomic mass is 9.83. The predicted octanol–water partition coefficient (Wildman–Crippen LogP) is 9.53. The van der Waals surface area contributed by atoms with Crippen LogP contribution in [-0.2, 0) is 49.5 Å². The minimum Gasteiger partial charge on any atom is -0.455 e. The minimum atomic E-state index is -1.04. The van der Waals surface area contributed by atoms with E-state index in [2.05, 4.69) is 29.4 Å². The monoisotopic (exact) mass is 1330 g/mol. The molecule has 23 heteroatoms. The molecule has 2 aromatic carbocycles. The van der Waals surface area contributed by atoms with Crippen LogP contribution in [0.1, 0.15) is 166 Å². The van der Waals surface area contributed by atoms with Crippen molar-refractivity contribution in [1.29, 1.82) is 0 Å². The molecule has 3 heterocycles. The van der Waals surface area contributed by atoms with Crippen molar-refractivity contribution < 1.29 is 47.9 Å². The Kier molecular flexibility index (Phi) is 32.5. The summed E-state index contributed by atoms with van der Waals surface area (Å²) < 4.78 is 5.79. The Morgan fingerprint density at radius 2 is 1.53 bits per heavy atom. The third kappa shape index (κ3) is 24.5. The van der Waals surface area contributed by atoms with Gasteiger partial charge in [0.1, 0.15) is 16.7 Å². The fraction of sp³-hybridized carbons (Fsp3) is 0.647. The summed E-state index contributed by atoms with van der Waals surface area (Å²) in [5.74, 6) is -2.89. The average Bonchev–Trinajstić information content (AvgIpc) is 1.98. The summed E-state index contributed by atoms with van der Waals surface area (Å²) in [5.41, 5.74) is 6.83. The van der Waals surface area contributed by atoms with E-state index in [9.17, 15) is 38.4 Å². The van der Waals surface area contributed by atoms with E-state index in [1.165, 1.54) is 23.6 Å². The highest BCUT2D eigenvalue weighted by Crippen LogP contribution is 2.40. The molecule has 2 aliphatic rings. The van der Waals surface area contributed by atoms with Gasteiger partial charge in [-0.05, 0) is 102 Å². The van der Waals surface area contributed by atoms with Gasteiger partial charge in [0.25, 0.3) is 5.91 Å². The van der Waals surface area contributed by atoms with Gasteiger partial charge in [-0.2, -0.15) is 0 Å². The average molecular weight is 1330 g/mol. The maximum atomic E-state index is 15.1. The molecule has 4 N–H and O–H groups in total. The molecule has 5 rings (SSSR count). The number of unbranched alkanes of at least 4 members (excludes halogenated alkanes) is 1. The molecule has 1 aromatic heterocycles. The number of likely N-dealkylation sites (N-methyl/N-ethyl adjacent to an activating group) is 2. The summed E-state index contributed by atoms with van der Waals surface area (Å²) in [6, 6.07) is 16.2. The molecular formula is C68H103N9O10S4. The van der Waals surface area contributed by atoms with Crippen LogP contribution in [-0.4, -0.2) is 190 Å². The van der Waals surface area contributed by atoms with Gasteiger partial charge in [0.05, 0.1) is 12.1 Å². The number of nitrogens with one attached hydrogen (secondary N) is 2. The van der Waals surface area contributed by atoms with Crippen LogP contribution in [0.3, 0.4) is 0 Å². The molecule has 6 amide bonds. The zero-order valence-electron chi connectivity index (χ0n) is 55.8. The van der Waals surface area contributed by atoms with Crippen molar-refractivity contribution in [1.82, 2.24) is 40.1 Å². The van der Waals surface area contributed by atoms with Gasteiger partial charge in [0.15, 0.2) is 17.7 Å². The number of piperazine rings is 1. The Balaban J connectivity index is 1.33. The second kappa shape index (κ2) is 38.8. The van der Waals surface area contributed by atoms with E-state index < -0.39 is 53.8 Å². The van der Waals surface area contributed by atoms with Crippen molar-refractivity contribution in [3.8, 4) is 0 Å². The van der Waals surface area contributed by atoms with Gasteiger partial charge in [-0.25, -0.2) is 4.98 Å². The van der Waals surface area contributed by atoms with E-state index in [-0.39, 0.29) is 108 Å². The number of rotatable bonds is 38. The summed E-state index contributed by atoms with van der Waals surface area (Å²) in [7, 11) is 10.3. The standard InChI is InChI=1S/C68H103N9O10S4/c1-12-47(4)52(42-59(80)55-29-20-22-34-73(55)9)65(84)74(10)56(46(2)3)43-60(87-48(5)78)64-72-54(44-89-64)66(85)75(11)57(45-88-51-27-17-14-18-28-51)58(79)41-50(26-19-21-33-69)63(83)71-53(40-49-24-15-13-16-25-49)67(86)77-37-35-76(36-38-77)62(82)31-32-68(6,7)91-90-39-23-30-61(81)70-8/h13-18,24-25,27-28,44,46-47,50,52-53,55-57,60H,12,19-23,26,29-43,45,69H2,1-11H3,(H,70,81)(H,71,83)/t47-,50-,52?,53-,55+,56+,57-,60+/m0/s1. The number of likely N-dealkylation sites (tertiary alicyclic amines) is 1. The Bertz CT molecular complexity index is 2820. The first-order chi connectivity index (χ1) is 43.4. The number of hydrogen-bond acceptors (Lipinski definition) is 17. The van der Waals surface area contributed by atoms with E-state index in [1.807, 2.05) is 95.4 Å². The second-order valence-corrected chi connectivity index (χ2v) is 30.5. The van der Waals surface area contributed by atoms with Crippen LogP contribution in [0.25, 0.3) is 0 Å². The highest BCUT2D eigenvalue weighted by Gasteiger charge is 2.40. The van der Waals surface area contributed by atoms with Crippen molar-refractivity contribution in [2.24, 2.45) is 29.4 Å². The van der Waals surface area contributed by atoms with Gasteiger partial charge in [0.2, 0.25) is 29.5 Å². The van der Waals surface area contributed by atoms with Crippen molar-refractivity contribution in [2.75, 3.05) is 79.0 Å². The number of Topliss-reactive ketones (excluding diaryl/α,β-unsaturated/α-hetero) is 2. The van der Waals surface area contributed by atoms with Crippen LogP contribution < -0.4 is 16.4 Å². The summed E-state index contributed by atoms with van der Waals surface area (Å²) in [4.78, 5) is 140. The first-order valence-corrected chi connectivity index (χ1v) is 36.8. The topological polar surface area (TPSA) is 242 Å². The van der Waals surface area contributed by atoms with Gasteiger partial charge in [-0.15, -0.1) is 23.1 Å². The number of amides is 6. The zero-order chi connectivity index (χ0) is 66.8. The van der Waals surface area contributed by atoms with Crippen LogP contribution >= 0.6 is 44.7 Å². The maximum Gasteiger partial charge on any atom is 0.303 e. The van der Waals surface area contributed by atoms with Gasteiger partial charge >= 0.3 is 5.97 Å². The molecule has 2 aliphatic heterocycles. The minimum absolute atomic E-state index is 0.0194.